The maximum atomic E-state index is 5.85. The number of hydrogen-bond donors (Lipinski definition) is 1. The fraction of sp³-hybridized carbons (Fsp3) is 0. The second-order valence-corrected chi connectivity index (χ2v) is 3.49. The molecule has 3 aromatic rings. The molecule has 0 fully saturated rings. The van der Waals surface area contributed by atoms with Crippen molar-refractivity contribution >= 4 is 33.4 Å². The molecule has 0 amide bonds. The lowest BCUT2D eigenvalue weighted by Gasteiger charge is -1.96. The molecule has 1 aromatic carbocycles. The van der Waals surface area contributed by atoms with Gasteiger partial charge in [0.2, 0.25) is 0 Å². The number of rotatable bonds is 0. The van der Waals surface area contributed by atoms with Crippen molar-refractivity contribution in [2.24, 2.45) is 0 Å². The van der Waals surface area contributed by atoms with E-state index in [1.807, 2.05) is 24.3 Å². The lowest BCUT2D eigenvalue weighted by Crippen LogP contribution is -1.82. The summed E-state index contributed by atoms with van der Waals surface area (Å²) in [6.45, 7) is 0. The topological polar surface area (TPSA) is 41.6 Å². The molecule has 1 N–H and O–H groups in total. The van der Waals surface area contributed by atoms with Crippen LogP contribution in [0.25, 0.3) is 21.8 Å². The summed E-state index contributed by atoms with van der Waals surface area (Å²) in [4.78, 5) is 4.26. The third kappa shape index (κ3) is 0.992. The summed E-state index contributed by atoms with van der Waals surface area (Å²) in [5.74, 6) is 0. The Kier molecular flexibility index (Phi) is 1.49. The molecule has 0 aliphatic heterocycles. The summed E-state index contributed by atoms with van der Waals surface area (Å²) in [5.41, 5.74) is 1.89. The van der Waals surface area contributed by atoms with Gasteiger partial charge in [-0.05, 0) is 18.2 Å². The average Bonchev–Trinajstić information content (AvgIpc) is 2.59. The van der Waals surface area contributed by atoms with Gasteiger partial charge in [0.25, 0.3) is 0 Å². The van der Waals surface area contributed by atoms with Crippen molar-refractivity contribution in [2.75, 3.05) is 0 Å². The first-order valence-corrected chi connectivity index (χ1v) is 4.61. The van der Waals surface area contributed by atoms with Crippen LogP contribution in [-0.2, 0) is 0 Å². The van der Waals surface area contributed by atoms with Crippen LogP contribution >= 0.6 is 11.6 Å². The molecule has 0 atom stereocenters. The molecule has 4 heteroatoms. The normalized spacial score (nSPS) is 11.2. The van der Waals surface area contributed by atoms with Gasteiger partial charge in [-0.3, -0.25) is 5.10 Å². The minimum atomic E-state index is 0.532. The van der Waals surface area contributed by atoms with Crippen LogP contribution in [0.1, 0.15) is 0 Å². The number of hydrogen-bond acceptors (Lipinski definition) is 2. The first-order valence-electron chi connectivity index (χ1n) is 4.23. The number of nitrogens with zero attached hydrogens (tertiary/aromatic N) is 2. The summed E-state index contributed by atoms with van der Waals surface area (Å²) >= 11 is 5.85. The van der Waals surface area contributed by atoms with Gasteiger partial charge < -0.3 is 0 Å². The van der Waals surface area contributed by atoms with Crippen molar-refractivity contribution in [1.29, 1.82) is 0 Å². The summed E-state index contributed by atoms with van der Waals surface area (Å²) in [7, 11) is 0. The Labute approximate surface area is 84.7 Å². The van der Waals surface area contributed by atoms with Crippen LogP contribution in [0.5, 0.6) is 0 Å². The van der Waals surface area contributed by atoms with Crippen molar-refractivity contribution in [2.45, 2.75) is 0 Å². The number of halogens is 1. The van der Waals surface area contributed by atoms with E-state index in [0.29, 0.717) is 5.15 Å². The van der Waals surface area contributed by atoms with Crippen molar-refractivity contribution in [1.82, 2.24) is 15.2 Å². The van der Waals surface area contributed by atoms with E-state index in [-0.39, 0.29) is 0 Å². The first kappa shape index (κ1) is 7.76. The Morgan fingerprint density at radius 1 is 1.21 bits per heavy atom. The zero-order valence-corrected chi connectivity index (χ0v) is 7.92. The van der Waals surface area contributed by atoms with Gasteiger partial charge in [-0.25, -0.2) is 4.98 Å². The smallest absolute Gasteiger partial charge is 0.130 e. The second-order valence-electron chi connectivity index (χ2n) is 3.10. The van der Waals surface area contributed by atoms with Gasteiger partial charge in [-0.15, -0.1) is 0 Å². The zero-order chi connectivity index (χ0) is 9.54. The van der Waals surface area contributed by atoms with E-state index in [9.17, 15) is 0 Å². The third-order valence-corrected chi connectivity index (χ3v) is 2.44. The molecular weight excluding hydrogens is 198 g/mol. The van der Waals surface area contributed by atoms with Gasteiger partial charge in [0.1, 0.15) is 5.15 Å². The molecule has 2 aromatic heterocycles. The molecule has 0 aliphatic carbocycles. The van der Waals surface area contributed by atoms with Crippen molar-refractivity contribution in [3.63, 3.8) is 0 Å². The highest BCUT2D eigenvalue weighted by atomic mass is 35.5. The third-order valence-electron chi connectivity index (χ3n) is 2.24. The maximum absolute atomic E-state index is 5.85. The van der Waals surface area contributed by atoms with Crippen LogP contribution in [0.3, 0.4) is 0 Å². The Morgan fingerprint density at radius 2 is 2.14 bits per heavy atom. The summed E-state index contributed by atoms with van der Waals surface area (Å²) < 4.78 is 0. The molecule has 3 rings (SSSR count). The van der Waals surface area contributed by atoms with Gasteiger partial charge in [-0.1, -0.05) is 17.7 Å². The Balaban J connectivity index is 2.60. The number of aromatic amines is 1. The van der Waals surface area contributed by atoms with Crippen molar-refractivity contribution < 1.29 is 0 Å². The van der Waals surface area contributed by atoms with E-state index in [1.165, 1.54) is 0 Å². The number of H-pyrrole nitrogens is 1. The Hall–Kier alpha value is -1.61. The maximum Gasteiger partial charge on any atom is 0.130 e. The monoisotopic (exact) mass is 203 g/mol. The van der Waals surface area contributed by atoms with Gasteiger partial charge >= 0.3 is 0 Å². The molecule has 0 saturated heterocycles. The van der Waals surface area contributed by atoms with E-state index in [2.05, 4.69) is 15.2 Å². The molecular formula is C10H6ClN3. The molecule has 0 aliphatic rings. The predicted octanol–water partition coefficient (Wildman–Crippen LogP) is 2.76. The fourth-order valence-corrected chi connectivity index (χ4v) is 1.82. The highest BCUT2D eigenvalue weighted by Crippen LogP contribution is 2.25. The summed E-state index contributed by atoms with van der Waals surface area (Å²) in [6, 6.07) is 7.74. The lowest BCUT2D eigenvalue weighted by molar-refractivity contribution is 1.08. The highest BCUT2D eigenvalue weighted by Gasteiger charge is 2.04. The molecule has 3 nitrogen and oxygen atoms in total. The molecule has 0 saturated carbocycles. The van der Waals surface area contributed by atoms with Crippen LogP contribution in [0.4, 0.5) is 0 Å². The van der Waals surface area contributed by atoms with Gasteiger partial charge in [0, 0.05) is 17.0 Å². The quantitative estimate of drug-likeness (QED) is 0.611. The Bertz CT molecular complexity index is 615. The minimum absolute atomic E-state index is 0.532. The minimum Gasteiger partial charge on any atom is -0.278 e. The number of aromatic nitrogens is 3. The second kappa shape index (κ2) is 2.69. The van der Waals surface area contributed by atoms with E-state index >= 15 is 0 Å². The van der Waals surface area contributed by atoms with Crippen molar-refractivity contribution in [3.05, 3.63) is 35.6 Å². The van der Waals surface area contributed by atoms with Gasteiger partial charge in [0.15, 0.2) is 0 Å². The largest absolute Gasteiger partial charge is 0.278 e. The van der Waals surface area contributed by atoms with Crippen LogP contribution < -0.4 is 0 Å². The molecule has 14 heavy (non-hydrogen) atoms. The summed E-state index contributed by atoms with van der Waals surface area (Å²) in [6.07, 6.45) is 1.71. The van der Waals surface area contributed by atoms with Crippen LogP contribution in [0.15, 0.2) is 30.5 Å². The first-order chi connectivity index (χ1) is 6.84. The molecule has 0 spiro atoms. The zero-order valence-electron chi connectivity index (χ0n) is 7.16. The fourth-order valence-electron chi connectivity index (χ4n) is 1.62. The van der Waals surface area contributed by atoms with E-state index in [0.717, 1.165) is 21.8 Å². The van der Waals surface area contributed by atoms with Crippen LogP contribution in [0, 0.1) is 0 Å². The van der Waals surface area contributed by atoms with Gasteiger partial charge in [0.05, 0.1) is 11.0 Å². The van der Waals surface area contributed by atoms with E-state index < -0.39 is 0 Å². The number of nitrogens with one attached hydrogen (secondary N) is 1. The molecule has 0 radical (unpaired) electrons. The number of benzene rings is 1. The van der Waals surface area contributed by atoms with Crippen molar-refractivity contribution in [3.8, 4) is 0 Å². The van der Waals surface area contributed by atoms with E-state index in [4.69, 9.17) is 11.6 Å². The standard InChI is InChI=1S/C10H6ClN3/c11-9-5-6-1-2-8-7(10(6)13-9)3-4-12-14-8/h1-5,14H. The molecule has 0 unspecified atom stereocenters. The SMILES string of the molecule is Clc1cc2ccc3[nH]nccc3c2n1. The molecule has 0 bridgehead atoms. The molecule has 68 valence electrons. The van der Waals surface area contributed by atoms with E-state index in [1.54, 1.807) is 6.20 Å². The van der Waals surface area contributed by atoms with Crippen LogP contribution in [-0.4, -0.2) is 15.2 Å². The predicted molar refractivity (Wildman–Crippen MR) is 56.4 cm³/mol. The molecule has 2 heterocycles. The lowest BCUT2D eigenvalue weighted by atomic mass is 10.2. The van der Waals surface area contributed by atoms with Gasteiger partial charge in [-0.2, -0.15) is 5.10 Å². The van der Waals surface area contributed by atoms with Crippen LogP contribution in [0.2, 0.25) is 5.15 Å². The number of fused-ring (bicyclic) bond motifs is 3. The highest BCUT2D eigenvalue weighted by molar-refractivity contribution is 6.31. The summed E-state index contributed by atoms with van der Waals surface area (Å²) in [5, 5.41) is 9.49. The average molecular weight is 204 g/mol. The Morgan fingerprint density at radius 3 is 3.07 bits per heavy atom.